The number of aliphatic imine (C=N–C) groups is 1. The first-order valence-electron chi connectivity index (χ1n) is 6.54. The highest BCUT2D eigenvalue weighted by molar-refractivity contribution is 14.0. The third kappa shape index (κ3) is 12.7. The lowest BCUT2D eigenvalue weighted by molar-refractivity contribution is 0.0268. The second kappa shape index (κ2) is 12.9. The maximum atomic E-state index is 5.34. The van der Waals surface area contributed by atoms with Gasteiger partial charge in [-0.3, -0.25) is 4.99 Å². The van der Waals surface area contributed by atoms with E-state index in [1.807, 2.05) is 13.8 Å². The Morgan fingerprint density at radius 2 is 1.79 bits per heavy atom. The molecule has 0 aromatic heterocycles. The fourth-order valence-electron chi connectivity index (χ4n) is 1.34. The van der Waals surface area contributed by atoms with Gasteiger partial charge in [0.1, 0.15) is 0 Å². The minimum atomic E-state index is -0.184. The number of methoxy groups -OCH3 is 2. The molecule has 0 amide bonds. The van der Waals surface area contributed by atoms with Gasteiger partial charge < -0.3 is 20.1 Å². The van der Waals surface area contributed by atoms with Gasteiger partial charge in [-0.05, 0) is 33.1 Å². The number of hydrogen-bond donors (Lipinski definition) is 2. The van der Waals surface area contributed by atoms with E-state index in [-0.39, 0.29) is 29.6 Å². The Labute approximate surface area is 134 Å². The first-order chi connectivity index (χ1) is 8.55. The molecule has 0 heterocycles. The molecule has 0 bridgehead atoms. The van der Waals surface area contributed by atoms with Crippen LogP contribution in [0.25, 0.3) is 0 Å². The lowest BCUT2D eigenvalue weighted by Crippen LogP contribution is -2.45. The number of ether oxygens (including phenoxy) is 2. The highest BCUT2D eigenvalue weighted by Gasteiger charge is 2.16. The van der Waals surface area contributed by atoms with Gasteiger partial charge in [0.25, 0.3) is 0 Å². The Balaban J connectivity index is 0. The van der Waals surface area contributed by atoms with Crippen molar-refractivity contribution in [2.75, 3.05) is 41.0 Å². The molecule has 0 radical (unpaired) electrons. The Kier molecular flexibility index (Phi) is 14.4. The standard InChI is InChI=1S/C13H29N3O2.HI/c1-13(2,18-5)11-16-12(14-3)15-9-7-6-8-10-17-4;/h6-11H2,1-5H3,(H2,14,15,16);1H. The van der Waals surface area contributed by atoms with Crippen LogP contribution in [-0.4, -0.2) is 52.5 Å². The predicted molar refractivity (Wildman–Crippen MR) is 91.6 cm³/mol. The number of nitrogens with zero attached hydrogens (tertiary/aromatic N) is 1. The molecule has 0 aliphatic heterocycles. The van der Waals surface area contributed by atoms with E-state index in [9.17, 15) is 0 Å². The molecular formula is C13H30IN3O2. The summed E-state index contributed by atoms with van der Waals surface area (Å²) in [6.07, 6.45) is 3.40. The average molecular weight is 387 g/mol. The third-order valence-corrected chi connectivity index (χ3v) is 2.78. The van der Waals surface area contributed by atoms with Crippen LogP contribution in [0.3, 0.4) is 0 Å². The summed E-state index contributed by atoms with van der Waals surface area (Å²) < 4.78 is 10.4. The second-order valence-corrected chi connectivity index (χ2v) is 4.87. The molecule has 0 fully saturated rings. The molecule has 0 aromatic carbocycles. The van der Waals surface area contributed by atoms with Crippen molar-refractivity contribution in [2.24, 2.45) is 4.99 Å². The summed E-state index contributed by atoms with van der Waals surface area (Å²) in [7, 11) is 5.23. The predicted octanol–water partition coefficient (Wildman–Crippen LogP) is 2.01. The van der Waals surface area contributed by atoms with Crippen molar-refractivity contribution in [1.82, 2.24) is 10.6 Å². The first-order valence-corrected chi connectivity index (χ1v) is 6.54. The van der Waals surface area contributed by atoms with Gasteiger partial charge in [-0.2, -0.15) is 0 Å². The van der Waals surface area contributed by atoms with Gasteiger partial charge in [-0.15, -0.1) is 24.0 Å². The monoisotopic (exact) mass is 387 g/mol. The topological polar surface area (TPSA) is 54.9 Å². The molecule has 0 atom stereocenters. The summed E-state index contributed by atoms with van der Waals surface area (Å²) in [5.74, 6) is 0.826. The summed E-state index contributed by atoms with van der Waals surface area (Å²) in [6, 6.07) is 0. The molecule has 0 spiro atoms. The van der Waals surface area contributed by atoms with Crippen molar-refractivity contribution in [3.05, 3.63) is 0 Å². The van der Waals surface area contributed by atoms with Crippen LogP contribution in [0, 0.1) is 0 Å². The lowest BCUT2D eigenvalue weighted by atomic mass is 10.1. The van der Waals surface area contributed by atoms with Crippen molar-refractivity contribution in [3.63, 3.8) is 0 Å². The van der Waals surface area contributed by atoms with Crippen LogP contribution in [0.5, 0.6) is 0 Å². The highest BCUT2D eigenvalue weighted by atomic mass is 127. The van der Waals surface area contributed by atoms with E-state index in [4.69, 9.17) is 9.47 Å². The molecule has 5 nitrogen and oxygen atoms in total. The minimum Gasteiger partial charge on any atom is -0.385 e. The van der Waals surface area contributed by atoms with Gasteiger partial charge in [-0.25, -0.2) is 0 Å². The summed E-state index contributed by atoms with van der Waals surface area (Å²) in [5.41, 5.74) is -0.184. The van der Waals surface area contributed by atoms with Crippen LogP contribution in [0.15, 0.2) is 4.99 Å². The van der Waals surface area contributed by atoms with Crippen molar-refractivity contribution in [3.8, 4) is 0 Å². The Morgan fingerprint density at radius 1 is 1.11 bits per heavy atom. The molecule has 2 N–H and O–H groups in total. The van der Waals surface area contributed by atoms with E-state index in [1.54, 1.807) is 21.3 Å². The van der Waals surface area contributed by atoms with E-state index < -0.39 is 0 Å². The number of unbranched alkanes of at least 4 members (excludes halogenated alkanes) is 2. The molecule has 0 saturated heterocycles. The van der Waals surface area contributed by atoms with E-state index in [2.05, 4.69) is 15.6 Å². The van der Waals surface area contributed by atoms with Crippen molar-refractivity contribution >= 4 is 29.9 Å². The van der Waals surface area contributed by atoms with Gasteiger partial charge in [0.15, 0.2) is 5.96 Å². The maximum Gasteiger partial charge on any atom is 0.191 e. The molecule has 0 unspecified atom stereocenters. The summed E-state index contributed by atoms with van der Waals surface area (Å²) in [4.78, 5) is 4.17. The Bertz CT molecular complexity index is 236. The Hall–Kier alpha value is -0.0800. The van der Waals surface area contributed by atoms with Gasteiger partial charge in [-0.1, -0.05) is 0 Å². The third-order valence-electron chi connectivity index (χ3n) is 2.78. The summed E-state index contributed by atoms with van der Waals surface area (Å²) >= 11 is 0. The number of hydrogen-bond acceptors (Lipinski definition) is 3. The molecule has 0 aromatic rings. The second-order valence-electron chi connectivity index (χ2n) is 4.87. The zero-order valence-electron chi connectivity index (χ0n) is 12.9. The highest BCUT2D eigenvalue weighted by Crippen LogP contribution is 2.04. The molecule has 0 rings (SSSR count). The van der Waals surface area contributed by atoms with Gasteiger partial charge in [0.2, 0.25) is 0 Å². The van der Waals surface area contributed by atoms with E-state index in [0.717, 1.165) is 38.5 Å². The van der Waals surface area contributed by atoms with E-state index in [1.165, 1.54) is 6.42 Å². The largest absolute Gasteiger partial charge is 0.385 e. The van der Waals surface area contributed by atoms with Crippen LogP contribution in [0.1, 0.15) is 33.1 Å². The molecular weight excluding hydrogens is 357 g/mol. The van der Waals surface area contributed by atoms with Crippen LogP contribution in [0.4, 0.5) is 0 Å². The minimum absolute atomic E-state index is 0. The average Bonchev–Trinajstić information content (AvgIpc) is 2.37. The van der Waals surface area contributed by atoms with E-state index in [0.29, 0.717) is 0 Å². The smallest absolute Gasteiger partial charge is 0.191 e. The van der Waals surface area contributed by atoms with Crippen LogP contribution < -0.4 is 10.6 Å². The van der Waals surface area contributed by atoms with Gasteiger partial charge in [0.05, 0.1) is 5.60 Å². The van der Waals surface area contributed by atoms with E-state index >= 15 is 0 Å². The number of halogens is 1. The summed E-state index contributed by atoms with van der Waals surface area (Å²) in [6.45, 7) is 6.58. The number of rotatable bonds is 9. The molecule has 0 saturated carbocycles. The normalized spacial score (nSPS) is 11.9. The quantitative estimate of drug-likeness (QED) is 0.275. The van der Waals surface area contributed by atoms with Gasteiger partial charge in [0, 0.05) is 41.0 Å². The zero-order valence-corrected chi connectivity index (χ0v) is 15.2. The number of guanidine groups is 1. The SMILES string of the molecule is CN=C(NCCCCCOC)NCC(C)(C)OC.I. The van der Waals surface area contributed by atoms with Crippen LogP contribution in [0.2, 0.25) is 0 Å². The molecule has 19 heavy (non-hydrogen) atoms. The fourth-order valence-corrected chi connectivity index (χ4v) is 1.34. The fraction of sp³-hybridized carbons (Fsp3) is 0.923. The van der Waals surface area contributed by atoms with Crippen molar-refractivity contribution in [2.45, 2.75) is 38.7 Å². The Morgan fingerprint density at radius 3 is 2.32 bits per heavy atom. The van der Waals surface area contributed by atoms with Crippen molar-refractivity contribution < 1.29 is 9.47 Å². The number of nitrogens with one attached hydrogen (secondary N) is 2. The summed E-state index contributed by atoms with van der Waals surface area (Å²) in [5, 5.41) is 6.54. The molecule has 116 valence electrons. The first kappa shape index (κ1) is 21.2. The lowest BCUT2D eigenvalue weighted by Gasteiger charge is -2.24. The van der Waals surface area contributed by atoms with Crippen molar-refractivity contribution in [1.29, 1.82) is 0 Å². The van der Waals surface area contributed by atoms with Gasteiger partial charge >= 0.3 is 0 Å². The molecule has 6 heteroatoms. The molecule has 0 aliphatic carbocycles. The maximum absolute atomic E-state index is 5.34. The van der Waals surface area contributed by atoms with Crippen LogP contribution >= 0.6 is 24.0 Å². The zero-order chi connectivity index (χ0) is 13.9. The molecule has 0 aliphatic rings. The van der Waals surface area contributed by atoms with Crippen LogP contribution in [-0.2, 0) is 9.47 Å².